The molecule has 2 rings (SSSR count). The van der Waals surface area contributed by atoms with Crippen LogP contribution in [0.1, 0.15) is 20.3 Å². The predicted molar refractivity (Wildman–Crippen MR) is 93.9 cm³/mol. The molecule has 1 saturated heterocycles. The molecule has 3 N–H and O–H groups in total. The number of thioether (sulfide) groups is 1. The Bertz CT molecular complexity index is 822. The van der Waals surface area contributed by atoms with Gasteiger partial charge in [-0.2, -0.15) is 8.42 Å². The minimum absolute atomic E-state index is 0.172. The molecular formula is C13H15BrN2O8S2. The molecule has 2 aliphatic rings. The fourth-order valence-corrected chi connectivity index (χ4v) is 4.96. The van der Waals surface area contributed by atoms with E-state index in [1.54, 1.807) is 0 Å². The maximum absolute atomic E-state index is 12.3. The number of carboxylic acid groups (broad SMARTS) is 1. The lowest BCUT2D eigenvalue weighted by Gasteiger charge is -2.45. The second-order valence-corrected chi connectivity index (χ2v) is 9.13. The van der Waals surface area contributed by atoms with Gasteiger partial charge in [0.05, 0.1) is 21.9 Å². The third kappa shape index (κ3) is 4.46. The number of aliphatic carboxylic acids is 1. The largest absolute Gasteiger partial charge is 0.477 e. The Kier molecular flexibility index (Phi) is 6.17. The van der Waals surface area contributed by atoms with Crippen LogP contribution >= 0.6 is 27.7 Å². The Hall–Kier alpha value is -1.41. The standard InChI is InChI=1S/C13H15BrN2O8S2/c1-5(24-26(21,22)23)10-7-3-8(25-9(14)4-15-6(2)17)11(13(19)20)16(7)12(10)18/h4-5,7,10H,3H2,1-2H3,(H,15,17)(H,19,20)(H,21,22,23)/b9-4+/t5-,7+,10-/m0/s1. The zero-order valence-electron chi connectivity index (χ0n) is 13.5. The summed E-state index contributed by atoms with van der Waals surface area (Å²) in [6, 6.07) is -0.589. The zero-order chi connectivity index (χ0) is 19.8. The molecule has 0 saturated carbocycles. The number of amides is 2. The summed E-state index contributed by atoms with van der Waals surface area (Å²) in [4.78, 5) is 36.2. The first-order chi connectivity index (χ1) is 11.9. The number of hydrogen-bond acceptors (Lipinski definition) is 7. The number of β-lactam (4-membered cyclic amide) rings is 1. The van der Waals surface area contributed by atoms with Crippen molar-refractivity contribution in [2.75, 3.05) is 0 Å². The van der Waals surface area contributed by atoms with E-state index in [1.807, 2.05) is 0 Å². The van der Waals surface area contributed by atoms with Gasteiger partial charge in [0, 0.05) is 24.4 Å². The molecule has 0 aromatic rings. The van der Waals surface area contributed by atoms with Crippen molar-refractivity contribution in [3.8, 4) is 0 Å². The van der Waals surface area contributed by atoms with Crippen molar-refractivity contribution < 1.29 is 36.6 Å². The van der Waals surface area contributed by atoms with E-state index in [1.165, 1.54) is 20.0 Å². The van der Waals surface area contributed by atoms with Gasteiger partial charge in [0.15, 0.2) is 0 Å². The number of fused-ring (bicyclic) bond motifs is 1. The molecule has 0 spiro atoms. The molecular weight excluding hydrogens is 456 g/mol. The van der Waals surface area contributed by atoms with Crippen LogP contribution in [0.2, 0.25) is 0 Å². The molecule has 26 heavy (non-hydrogen) atoms. The number of hydrogen-bond donors (Lipinski definition) is 3. The Morgan fingerprint density at radius 1 is 1.50 bits per heavy atom. The first kappa shape index (κ1) is 20.9. The molecule has 2 aliphatic heterocycles. The van der Waals surface area contributed by atoms with Crippen LogP contribution in [0.3, 0.4) is 0 Å². The van der Waals surface area contributed by atoms with Crippen molar-refractivity contribution >= 4 is 55.9 Å². The topological polar surface area (TPSA) is 150 Å². The molecule has 0 aromatic heterocycles. The minimum Gasteiger partial charge on any atom is -0.477 e. The lowest BCUT2D eigenvalue weighted by Crippen LogP contribution is -2.62. The number of nitrogens with zero attached hydrogens (tertiary/aromatic N) is 1. The van der Waals surface area contributed by atoms with E-state index in [0.717, 1.165) is 16.7 Å². The summed E-state index contributed by atoms with van der Waals surface area (Å²) in [5.74, 6) is -3.11. The van der Waals surface area contributed by atoms with Crippen molar-refractivity contribution in [3.63, 3.8) is 0 Å². The molecule has 1 fully saturated rings. The number of carbonyl (C=O) groups excluding carboxylic acids is 2. The molecule has 0 unspecified atom stereocenters. The summed E-state index contributed by atoms with van der Waals surface area (Å²) in [5, 5.41) is 11.9. The minimum atomic E-state index is -4.74. The maximum Gasteiger partial charge on any atom is 0.397 e. The normalized spacial score (nSPS) is 24.2. The van der Waals surface area contributed by atoms with Crippen molar-refractivity contribution in [3.05, 3.63) is 20.6 Å². The van der Waals surface area contributed by atoms with Crippen LogP contribution < -0.4 is 5.32 Å². The van der Waals surface area contributed by atoms with E-state index < -0.39 is 40.3 Å². The van der Waals surface area contributed by atoms with E-state index in [-0.39, 0.29) is 18.0 Å². The van der Waals surface area contributed by atoms with Crippen LogP contribution in [0.4, 0.5) is 0 Å². The van der Waals surface area contributed by atoms with Crippen LogP contribution in [0.15, 0.2) is 20.6 Å². The van der Waals surface area contributed by atoms with Crippen LogP contribution in [0, 0.1) is 5.92 Å². The van der Waals surface area contributed by atoms with E-state index >= 15 is 0 Å². The fourth-order valence-electron chi connectivity index (χ4n) is 2.87. The highest BCUT2D eigenvalue weighted by molar-refractivity contribution is 9.14. The van der Waals surface area contributed by atoms with Gasteiger partial charge in [-0.15, -0.1) is 0 Å². The average molecular weight is 471 g/mol. The van der Waals surface area contributed by atoms with Gasteiger partial charge in [-0.05, 0) is 22.9 Å². The van der Waals surface area contributed by atoms with Gasteiger partial charge in [-0.1, -0.05) is 11.8 Å². The quantitative estimate of drug-likeness (QED) is 0.362. The summed E-state index contributed by atoms with van der Waals surface area (Å²) in [6.45, 7) is 2.62. The Morgan fingerprint density at radius 2 is 2.12 bits per heavy atom. The number of carbonyl (C=O) groups is 3. The highest BCUT2D eigenvalue weighted by Gasteiger charge is 2.57. The summed E-state index contributed by atoms with van der Waals surface area (Å²) in [7, 11) is -4.74. The molecule has 0 aliphatic carbocycles. The van der Waals surface area contributed by atoms with E-state index in [2.05, 4.69) is 25.4 Å². The van der Waals surface area contributed by atoms with E-state index in [4.69, 9.17) is 4.55 Å². The summed E-state index contributed by atoms with van der Waals surface area (Å²) >= 11 is 4.22. The smallest absolute Gasteiger partial charge is 0.397 e. The lowest BCUT2D eigenvalue weighted by atomic mass is 9.83. The highest BCUT2D eigenvalue weighted by atomic mass is 79.9. The van der Waals surface area contributed by atoms with Crippen LogP contribution in [-0.2, 0) is 29.0 Å². The summed E-state index contributed by atoms with van der Waals surface area (Å²) < 4.78 is 35.3. The number of nitrogens with one attached hydrogen (secondary N) is 1. The third-order valence-electron chi connectivity index (χ3n) is 3.76. The number of carboxylic acids is 1. The van der Waals surface area contributed by atoms with Gasteiger partial charge in [0.1, 0.15) is 5.70 Å². The first-order valence-corrected chi connectivity index (χ1v) is 10.2. The Balaban J connectivity index is 2.20. The van der Waals surface area contributed by atoms with Crippen LogP contribution in [0.5, 0.6) is 0 Å². The maximum atomic E-state index is 12.3. The molecule has 0 radical (unpaired) electrons. The fraction of sp³-hybridized carbons (Fsp3) is 0.462. The molecule has 0 bridgehead atoms. The second-order valence-electron chi connectivity index (χ2n) is 5.56. The number of halogens is 1. The Morgan fingerprint density at radius 3 is 2.62 bits per heavy atom. The molecule has 0 aromatic carbocycles. The highest BCUT2D eigenvalue weighted by Crippen LogP contribution is 2.49. The summed E-state index contributed by atoms with van der Waals surface area (Å²) in [5.41, 5.74) is -0.200. The van der Waals surface area contributed by atoms with E-state index in [0.29, 0.717) is 8.72 Å². The van der Waals surface area contributed by atoms with E-state index in [9.17, 15) is 27.9 Å². The zero-order valence-corrected chi connectivity index (χ0v) is 16.7. The van der Waals surface area contributed by atoms with Crippen LogP contribution in [-0.4, -0.2) is 52.9 Å². The lowest BCUT2D eigenvalue weighted by molar-refractivity contribution is -0.160. The van der Waals surface area contributed by atoms with Gasteiger partial charge in [-0.25, -0.2) is 8.98 Å². The molecule has 2 amide bonds. The molecule has 2 heterocycles. The monoisotopic (exact) mass is 470 g/mol. The van der Waals surface area contributed by atoms with Gasteiger partial charge >= 0.3 is 16.4 Å². The van der Waals surface area contributed by atoms with Crippen molar-refractivity contribution in [1.82, 2.24) is 10.2 Å². The first-order valence-electron chi connectivity index (χ1n) is 7.18. The SMILES string of the molecule is CC(=O)N/C=C(\Br)SC1=C(C(=O)O)N2C(=O)[C@@H]([C@H](C)OS(=O)(=O)O)[C@H]2C1. The number of rotatable bonds is 7. The average Bonchev–Trinajstić information content (AvgIpc) is 2.77. The second kappa shape index (κ2) is 7.68. The molecule has 144 valence electrons. The van der Waals surface area contributed by atoms with Gasteiger partial charge < -0.3 is 15.3 Å². The van der Waals surface area contributed by atoms with Crippen molar-refractivity contribution in [1.29, 1.82) is 0 Å². The van der Waals surface area contributed by atoms with Crippen LogP contribution in [0.25, 0.3) is 0 Å². The van der Waals surface area contributed by atoms with Gasteiger partial charge in [0.25, 0.3) is 0 Å². The molecule has 10 nitrogen and oxygen atoms in total. The molecule has 13 heteroatoms. The van der Waals surface area contributed by atoms with Gasteiger partial charge in [-0.3, -0.25) is 14.1 Å². The van der Waals surface area contributed by atoms with Crippen molar-refractivity contribution in [2.45, 2.75) is 32.4 Å². The Labute approximate surface area is 161 Å². The molecule has 3 atom stereocenters. The summed E-state index contributed by atoms with van der Waals surface area (Å²) in [6.07, 6.45) is 0.375. The predicted octanol–water partition coefficient (Wildman–Crippen LogP) is 0.784. The third-order valence-corrected chi connectivity index (χ3v) is 5.94. The van der Waals surface area contributed by atoms with Gasteiger partial charge in [0.2, 0.25) is 11.8 Å². The van der Waals surface area contributed by atoms with Crippen molar-refractivity contribution in [2.24, 2.45) is 5.92 Å².